The van der Waals surface area contributed by atoms with Crippen LogP contribution in [0.4, 0.5) is 5.69 Å². The number of ether oxygens (including phenoxy) is 1. The summed E-state index contributed by atoms with van der Waals surface area (Å²) >= 11 is 0. The summed E-state index contributed by atoms with van der Waals surface area (Å²) in [6.07, 6.45) is 2.35. The molecule has 1 aromatic carbocycles. The first-order valence-electron chi connectivity index (χ1n) is 7.59. The lowest BCUT2D eigenvalue weighted by atomic mass is 10.0. The maximum absolute atomic E-state index is 13.0. The summed E-state index contributed by atoms with van der Waals surface area (Å²) in [7, 11) is 3.21. The van der Waals surface area contributed by atoms with E-state index in [1.807, 2.05) is 0 Å². The molecule has 2 N–H and O–H groups in total. The second kappa shape index (κ2) is 4.29. The van der Waals surface area contributed by atoms with Gasteiger partial charge in [-0.05, 0) is 30.7 Å². The van der Waals surface area contributed by atoms with E-state index in [-0.39, 0.29) is 28.9 Å². The number of hydrogen-bond acceptors (Lipinski definition) is 5. The van der Waals surface area contributed by atoms with E-state index in [9.17, 15) is 15.0 Å². The van der Waals surface area contributed by atoms with Crippen molar-refractivity contribution in [2.75, 3.05) is 25.6 Å². The first-order chi connectivity index (χ1) is 10.5. The molecule has 22 heavy (non-hydrogen) atoms. The summed E-state index contributed by atoms with van der Waals surface area (Å²) < 4.78 is 5.13. The molecule has 118 valence electrons. The van der Waals surface area contributed by atoms with Gasteiger partial charge in [0.2, 0.25) is 0 Å². The van der Waals surface area contributed by atoms with E-state index in [1.54, 1.807) is 22.9 Å². The SMILES string of the molecule is COc1cc2c(cc1O)N(C)C(O)C1CC3(CC3)CN1C2=O. The number of hydrogen-bond donors (Lipinski definition) is 2. The van der Waals surface area contributed by atoms with Crippen molar-refractivity contribution in [3.05, 3.63) is 17.7 Å². The summed E-state index contributed by atoms with van der Waals surface area (Å²) in [6.45, 7) is 0.712. The molecule has 1 amide bonds. The van der Waals surface area contributed by atoms with Gasteiger partial charge in [0.25, 0.3) is 5.91 Å². The van der Waals surface area contributed by atoms with Gasteiger partial charge < -0.3 is 24.7 Å². The van der Waals surface area contributed by atoms with E-state index in [2.05, 4.69) is 0 Å². The number of aliphatic hydroxyl groups excluding tert-OH is 1. The van der Waals surface area contributed by atoms with Crippen LogP contribution in [0.3, 0.4) is 0 Å². The third kappa shape index (κ3) is 1.73. The highest BCUT2D eigenvalue weighted by Crippen LogP contribution is 2.56. The summed E-state index contributed by atoms with van der Waals surface area (Å²) in [6, 6.07) is 2.86. The van der Waals surface area contributed by atoms with Gasteiger partial charge in [0.15, 0.2) is 11.5 Å². The smallest absolute Gasteiger partial charge is 0.256 e. The first kappa shape index (κ1) is 13.7. The summed E-state index contributed by atoms with van der Waals surface area (Å²) in [5.41, 5.74) is 1.23. The third-order valence-electron chi connectivity index (χ3n) is 5.41. The molecule has 2 atom stereocenters. The Balaban J connectivity index is 1.84. The zero-order valence-electron chi connectivity index (χ0n) is 12.7. The minimum Gasteiger partial charge on any atom is -0.504 e. The Labute approximate surface area is 128 Å². The van der Waals surface area contributed by atoms with Crippen LogP contribution in [0.15, 0.2) is 12.1 Å². The van der Waals surface area contributed by atoms with Crippen LogP contribution in [0, 0.1) is 5.41 Å². The molecule has 0 aromatic heterocycles. The van der Waals surface area contributed by atoms with Crippen molar-refractivity contribution < 1.29 is 19.7 Å². The molecule has 1 saturated carbocycles. The van der Waals surface area contributed by atoms with E-state index in [0.29, 0.717) is 17.8 Å². The largest absolute Gasteiger partial charge is 0.504 e. The van der Waals surface area contributed by atoms with Gasteiger partial charge in [0, 0.05) is 19.7 Å². The highest BCUT2D eigenvalue weighted by Gasteiger charge is 2.56. The minimum atomic E-state index is -0.766. The zero-order chi connectivity index (χ0) is 15.6. The van der Waals surface area contributed by atoms with Crippen LogP contribution in [-0.4, -0.2) is 54.0 Å². The zero-order valence-corrected chi connectivity index (χ0v) is 12.7. The van der Waals surface area contributed by atoms with Crippen LogP contribution >= 0.6 is 0 Å². The molecule has 2 fully saturated rings. The van der Waals surface area contributed by atoms with Crippen molar-refractivity contribution in [1.29, 1.82) is 0 Å². The Kier molecular flexibility index (Phi) is 2.67. The van der Waals surface area contributed by atoms with Gasteiger partial charge in [-0.2, -0.15) is 0 Å². The van der Waals surface area contributed by atoms with E-state index in [4.69, 9.17) is 4.74 Å². The molecule has 2 heterocycles. The quantitative estimate of drug-likeness (QED) is 0.814. The molecule has 2 aliphatic heterocycles. The van der Waals surface area contributed by atoms with Gasteiger partial charge in [0.1, 0.15) is 6.23 Å². The number of phenols is 1. The number of anilines is 1. The number of amides is 1. The van der Waals surface area contributed by atoms with Crippen LogP contribution in [0.25, 0.3) is 0 Å². The monoisotopic (exact) mass is 304 g/mol. The van der Waals surface area contributed by atoms with Gasteiger partial charge in [-0.3, -0.25) is 4.79 Å². The summed E-state index contributed by atoms with van der Waals surface area (Å²) in [5, 5.41) is 20.7. The van der Waals surface area contributed by atoms with Crippen LogP contribution in [0.1, 0.15) is 29.6 Å². The number of nitrogens with zero attached hydrogens (tertiary/aromatic N) is 2. The third-order valence-corrected chi connectivity index (χ3v) is 5.41. The fraction of sp³-hybridized carbons (Fsp3) is 0.562. The molecule has 2 unspecified atom stereocenters. The van der Waals surface area contributed by atoms with E-state index >= 15 is 0 Å². The molecule has 3 aliphatic rings. The van der Waals surface area contributed by atoms with E-state index < -0.39 is 6.23 Å². The highest BCUT2D eigenvalue weighted by atomic mass is 16.5. The number of rotatable bonds is 1. The number of benzene rings is 1. The number of carbonyl (C=O) groups excluding carboxylic acids is 1. The van der Waals surface area contributed by atoms with Crippen molar-refractivity contribution >= 4 is 11.6 Å². The lowest BCUT2D eigenvalue weighted by molar-refractivity contribution is 0.0526. The predicted octanol–water partition coefficient (Wildman–Crippen LogP) is 1.16. The standard InChI is InChI=1S/C16H20N2O4/c1-17-10-6-12(19)13(22-2)5-9(10)14(20)18-8-16(3-4-16)7-11(18)15(17)21/h5-6,11,15,19,21H,3-4,7-8H2,1-2H3. The maximum atomic E-state index is 13.0. The fourth-order valence-corrected chi connectivity index (χ4v) is 3.86. The fourth-order valence-electron chi connectivity index (χ4n) is 3.86. The van der Waals surface area contributed by atoms with Crippen molar-refractivity contribution in [1.82, 2.24) is 4.90 Å². The molecule has 1 aromatic rings. The average molecular weight is 304 g/mol. The number of carbonyl (C=O) groups is 1. The van der Waals surface area contributed by atoms with Crippen molar-refractivity contribution in [2.45, 2.75) is 31.5 Å². The normalized spacial score (nSPS) is 28.4. The van der Waals surface area contributed by atoms with Gasteiger partial charge >= 0.3 is 0 Å². The first-order valence-corrected chi connectivity index (χ1v) is 7.59. The Hall–Kier alpha value is -1.95. The van der Waals surface area contributed by atoms with Crippen molar-refractivity contribution in [3.63, 3.8) is 0 Å². The molecular formula is C16H20N2O4. The van der Waals surface area contributed by atoms with E-state index in [1.165, 1.54) is 13.2 Å². The van der Waals surface area contributed by atoms with Crippen LogP contribution < -0.4 is 9.64 Å². The molecule has 6 nitrogen and oxygen atoms in total. The van der Waals surface area contributed by atoms with Crippen molar-refractivity contribution in [3.8, 4) is 11.5 Å². The average Bonchev–Trinajstić information content (AvgIpc) is 3.16. The van der Waals surface area contributed by atoms with Gasteiger partial charge in [0.05, 0.1) is 24.4 Å². The van der Waals surface area contributed by atoms with Gasteiger partial charge in [-0.25, -0.2) is 0 Å². The van der Waals surface area contributed by atoms with Crippen LogP contribution in [-0.2, 0) is 0 Å². The predicted molar refractivity (Wildman–Crippen MR) is 80.2 cm³/mol. The minimum absolute atomic E-state index is 0.0335. The molecule has 0 bridgehead atoms. The molecule has 1 spiro atoms. The Bertz CT molecular complexity index is 656. The molecule has 6 heteroatoms. The number of aliphatic hydroxyl groups is 1. The molecule has 1 saturated heterocycles. The number of likely N-dealkylation sites (N-methyl/N-ethyl adjacent to an activating group) is 1. The van der Waals surface area contributed by atoms with Crippen molar-refractivity contribution in [2.24, 2.45) is 5.41 Å². The van der Waals surface area contributed by atoms with Gasteiger partial charge in [-0.15, -0.1) is 0 Å². The lowest BCUT2D eigenvalue weighted by Gasteiger charge is -2.30. The molecule has 4 rings (SSSR count). The molecule has 1 aliphatic carbocycles. The Morgan fingerprint density at radius 2 is 2.09 bits per heavy atom. The molecular weight excluding hydrogens is 284 g/mol. The van der Waals surface area contributed by atoms with E-state index in [0.717, 1.165) is 19.3 Å². The number of methoxy groups -OCH3 is 1. The lowest BCUT2D eigenvalue weighted by Crippen LogP contribution is -2.47. The summed E-state index contributed by atoms with van der Waals surface area (Å²) in [5.74, 6) is 0.146. The second-order valence-corrected chi connectivity index (χ2v) is 6.77. The Morgan fingerprint density at radius 1 is 1.36 bits per heavy atom. The highest BCUT2D eigenvalue weighted by molar-refractivity contribution is 6.02. The summed E-state index contributed by atoms with van der Waals surface area (Å²) in [4.78, 5) is 16.4. The topological polar surface area (TPSA) is 73.2 Å². The van der Waals surface area contributed by atoms with Crippen LogP contribution in [0.5, 0.6) is 11.5 Å². The number of fused-ring (bicyclic) bond motifs is 2. The van der Waals surface area contributed by atoms with Gasteiger partial charge in [-0.1, -0.05) is 0 Å². The second-order valence-electron chi connectivity index (χ2n) is 6.77. The maximum Gasteiger partial charge on any atom is 0.256 e. The molecule has 0 radical (unpaired) electrons. The Morgan fingerprint density at radius 3 is 2.73 bits per heavy atom. The number of phenolic OH excluding ortho intramolecular Hbond substituents is 1. The number of aromatic hydroxyl groups is 1. The van der Waals surface area contributed by atoms with Crippen LogP contribution in [0.2, 0.25) is 0 Å².